The molecule has 2 N–H and O–H groups in total. The Hall–Kier alpha value is -1.91. The number of benzene rings is 1. The first-order valence-electron chi connectivity index (χ1n) is 3.66. The fourth-order valence-electron chi connectivity index (χ4n) is 0.974. The van der Waals surface area contributed by atoms with Crippen molar-refractivity contribution in [2.75, 3.05) is 5.73 Å². The van der Waals surface area contributed by atoms with E-state index in [9.17, 15) is 4.39 Å². The summed E-state index contributed by atoms with van der Waals surface area (Å²) < 4.78 is 18.6. The number of anilines is 1. The molecule has 4 nitrogen and oxygen atoms in total. The first kappa shape index (κ1) is 7.72. The first-order valence-corrected chi connectivity index (χ1v) is 3.66. The standard InChI is InChI=1S/C8H7FN3O/c9-6-1-3-7(4-2-6)12-5-8(10)13-11-12/h1-5H,10H2/q+1. The van der Waals surface area contributed by atoms with Crippen LogP contribution in [0.1, 0.15) is 0 Å². The van der Waals surface area contributed by atoms with Crippen LogP contribution in [-0.4, -0.2) is 5.27 Å². The van der Waals surface area contributed by atoms with Crippen LogP contribution in [0.3, 0.4) is 0 Å². The van der Waals surface area contributed by atoms with Gasteiger partial charge >= 0.3 is 0 Å². The fourth-order valence-corrected chi connectivity index (χ4v) is 0.974. The molecule has 0 atom stereocenters. The minimum absolute atomic E-state index is 0.212. The molecule has 5 heteroatoms. The van der Waals surface area contributed by atoms with Crippen LogP contribution in [0.25, 0.3) is 5.69 Å². The van der Waals surface area contributed by atoms with Crippen molar-refractivity contribution in [1.29, 1.82) is 0 Å². The molecule has 0 aliphatic rings. The second-order valence-corrected chi connectivity index (χ2v) is 2.53. The Kier molecular flexibility index (Phi) is 1.70. The number of halogens is 1. The molecule has 0 fully saturated rings. The normalized spacial score (nSPS) is 10.2. The van der Waals surface area contributed by atoms with Crippen LogP contribution < -0.4 is 10.4 Å². The minimum Gasteiger partial charge on any atom is -0.362 e. The van der Waals surface area contributed by atoms with E-state index < -0.39 is 0 Å². The second kappa shape index (κ2) is 2.85. The number of nitrogens with zero attached hydrogens (tertiary/aromatic N) is 2. The highest BCUT2D eigenvalue weighted by molar-refractivity contribution is 5.23. The average molecular weight is 180 g/mol. The number of rotatable bonds is 1. The molecule has 13 heavy (non-hydrogen) atoms. The summed E-state index contributed by atoms with van der Waals surface area (Å²) in [7, 11) is 0. The van der Waals surface area contributed by atoms with Crippen molar-refractivity contribution in [3.63, 3.8) is 0 Å². The van der Waals surface area contributed by atoms with Crippen molar-refractivity contribution in [3.05, 3.63) is 36.3 Å². The fraction of sp³-hybridized carbons (Fsp3) is 0. The largest absolute Gasteiger partial charge is 0.362 e. The van der Waals surface area contributed by atoms with Crippen LogP contribution in [-0.2, 0) is 0 Å². The van der Waals surface area contributed by atoms with Crippen molar-refractivity contribution in [1.82, 2.24) is 5.27 Å². The van der Waals surface area contributed by atoms with E-state index >= 15 is 0 Å². The van der Waals surface area contributed by atoms with Gasteiger partial charge < -0.3 is 5.73 Å². The quantitative estimate of drug-likeness (QED) is 0.656. The molecule has 66 valence electrons. The molecule has 0 saturated heterocycles. The van der Waals surface area contributed by atoms with E-state index in [1.165, 1.54) is 23.0 Å². The maximum absolute atomic E-state index is 12.5. The molecular formula is C8H7FN3O+. The molecule has 2 rings (SSSR count). The van der Waals surface area contributed by atoms with Gasteiger partial charge in [0.25, 0.3) is 12.1 Å². The van der Waals surface area contributed by atoms with Gasteiger partial charge in [0.15, 0.2) is 0 Å². The lowest BCUT2D eigenvalue weighted by Gasteiger charge is -1.86. The van der Waals surface area contributed by atoms with E-state index in [2.05, 4.69) is 9.79 Å². The highest BCUT2D eigenvalue weighted by Crippen LogP contribution is 2.02. The molecule has 1 aromatic carbocycles. The zero-order chi connectivity index (χ0) is 9.26. The van der Waals surface area contributed by atoms with Crippen LogP contribution in [0.5, 0.6) is 0 Å². The van der Waals surface area contributed by atoms with Gasteiger partial charge in [-0.05, 0) is 16.8 Å². The molecule has 1 aromatic heterocycles. The summed E-state index contributed by atoms with van der Waals surface area (Å²) in [6.07, 6.45) is 1.51. The Morgan fingerprint density at radius 3 is 2.54 bits per heavy atom. The smallest absolute Gasteiger partial charge is 0.293 e. The van der Waals surface area contributed by atoms with E-state index in [1.807, 2.05) is 0 Å². The van der Waals surface area contributed by atoms with Crippen LogP contribution in [0.4, 0.5) is 10.3 Å². The summed E-state index contributed by atoms with van der Waals surface area (Å²) >= 11 is 0. The summed E-state index contributed by atoms with van der Waals surface area (Å²) in [6.45, 7) is 0. The van der Waals surface area contributed by atoms with E-state index in [-0.39, 0.29) is 11.7 Å². The highest BCUT2D eigenvalue weighted by atomic mass is 19.1. The van der Waals surface area contributed by atoms with Gasteiger partial charge in [-0.2, -0.15) is 0 Å². The van der Waals surface area contributed by atoms with Crippen LogP contribution in [0.15, 0.2) is 35.0 Å². The van der Waals surface area contributed by atoms with E-state index in [0.29, 0.717) is 5.69 Å². The number of aromatic nitrogens is 2. The van der Waals surface area contributed by atoms with Gasteiger partial charge in [0, 0.05) is 12.1 Å². The molecule has 2 aromatic rings. The van der Waals surface area contributed by atoms with Crippen molar-refractivity contribution >= 4 is 5.88 Å². The van der Waals surface area contributed by atoms with Crippen LogP contribution >= 0.6 is 0 Å². The van der Waals surface area contributed by atoms with Crippen molar-refractivity contribution in [2.24, 2.45) is 0 Å². The Labute approximate surface area is 73.4 Å². The van der Waals surface area contributed by atoms with Gasteiger partial charge in [-0.25, -0.2) is 4.39 Å². The van der Waals surface area contributed by atoms with E-state index in [4.69, 9.17) is 5.73 Å². The number of hydrogen-bond acceptors (Lipinski definition) is 3. The summed E-state index contributed by atoms with van der Waals surface area (Å²) in [5, 5.41) is 3.61. The molecule has 0 aliphatic heterocycles. The van der Waals surface area contributed by atoms with E-state index in [1.54, 1.807) is 12.1 Å². The molecular weight excluding hydrogens is 173 g/mol. The van der Waals surface area contributed by atoms with Crippen LogP contribution in [0, 0.1) is 5.82 Å². The Morgan fingerprint density at radius 2 is 2.00 bits per heavy atom. The minimum atomic E-state index is -0.291. The number of nitrogens with two attached hydrogens (primary N) is 1. The molecule has 0 aliphatic carbocycles. The van der Waals surface area contributed by atoms with Crippen molar-refractivity contribution in [2.45, 2.75) is 0 Å². The molecule has 0 spiro atoms. The van der Waals surface area contributed by atoms with Crippen molar-refractivity contribution in [3.8, 4) is 5.69 Å². The third kappa shape index (κ3) is 1.48. The second-order valence-electron chi connectivity index (χ2n) is 2.53. The lowest BCUT2D eigenvalue weighted by Crippen LogP contribution is -2.31. The Bertz CT molecular complexity index is 410. The van der Waals surface area contributed by atoms with Crippen LogP contribution in [0.2, 0.25) is 0 Å². The number of hydrogen-bond donors (Lipinski definition) is 1. The lowest BCUT2D eigenvalue weighted by molar-refractivity contribution is -0.670. The predicted molar refractivity (Wildman–Crippen MR) is 42.4 cm³/mol. The predicted octanol–water partition coefficient (Wildman–Crippen LogP) is 0.673. The topological polar surface area (TPSA) is 55.9 Å². The van der Waals surface area contributed by atoms with E-state index in [0.717, 1.165) is 0 Å². The molecule has 0 saturated carbocycles. The van der Waals surface area contributed by atoms with Gasteiger partial charge in [-0.1, -0.05) is 0 Å². The summed E-state index contributed by atoms with van der Waals surface area (Å²) in [4.78, 5) is 0. The highest BCUT2D eigenvalue weighted by Gasteiger charge is 2.11. The Balaban J connectivity index is 2.41. The zero-order valence-electron chi connectivity index (χ0n) is 6.64. The summed E-state index contributed by atoms with van der Waals surface area (Å²) in [5.41, 5.74) is 6.02. The monoisotopic (exact) mass is 180 g/mol. The van der Waals surface area contributed by atoms with Gasteiger partial charge in [0.05, 0.1) is 0 Å². The molecule has 0 radical (unpaired) electrons. The summed E-state index contributed by atoms with van der Waals surface area (Å²) in [6, 6.07) is 5.84. The maximum Gasteiger partial charge on any atom is 0.293 e. The van der Waals surface area contributed by atoms with Gasteiger partial charge in [-0.3, -0.25) is 4.52 Å². The molecule has 1 heterocycles. The van der Waals surface area contributed by atoms with Gasteiger partial charge in [0.2, 0.25) is 11.0 Å². The van der Waals surface area contributed by atoms with Gasteiger partial charge in [-0.15, -0.1) is 0 Å². The van der Waals surface area contributed by atoms with Gasteiger partial charge in [0.1, 0.15) is 5.82 Å². The molecule has 0 bridgehead atoms. The average Bonchev–Trinajstić information content (AvgIpc) is 2.53. The number of nitrogen functional groups attached to an aromatic ring is 1. The lowest BCUT2D eigenvalue weighted by atomic mass is 10.3. The molecule has 0 unspecified atom stereocenters. The zero-order valence-corrected chi connectivity index (χ0v) is 6.64. The Morgan fingerprint density at radius 1 is 1.31 bits per heavy atom. The third-order valence-electron chi connectivity index (χ3n) is 1.57. The van der Waals surface area contributed by atoms with Crippen molar-refractivity contribution < 1.29 is 13.6 Å². The molecule has 0 amide bonds. The first-order chi connectivity index (χ1) is 6.25. The third-order valence-corrected chi connectivity index (χ3v) is 1.57. The maximum atomic E-state index is 12.5. The summed E-state index contributed by atoms with van der Waals surface area (Å²) in [5.74, 6) is -0.0786. The SMILES string of the molecule is Nc1c[n+](-c2ccc(F)cc2)no1.